The van der Waals surface area contributed by atoms with Gasteiger partial charge >= 0.3 is 0 Å². The first-order valence-corrected chi connectivity index (χ1v) is 7.57. The van der Waals surface area contributed by atoms with Gasteiger partial charge in [0.25, 0.3) is 0 Å². The fourth-order valence-corrected chi connectivity index (χ4v) is 3.28. The maximum Gasteiger partial charge on any atom is 0.236 e. The highest BCUT2D eigenvalue weighted by molar-refractivity contribution is 7.92. The average Bonchev–Trinajstić information content (AvgIpc) is 2.46. The van der Waals surface area contributed by atoms with Gasteiger partial charge in [-0.15, -0.1) is 0 Å². The zero-order chi connectivity index (χ0) is 13.7. The lowest BCUT2D eigenvalue weighted by Gasteiger charge is -2.32. The lowest BCUT2D eigenvalue weighted by atomic mass is 10.2. The van der Waals surface area contributed by atoms with Gasteiger partial charge in [0.1, 0.15) is 0 Å². The Labute approximate surface area is 113 Å². The number of rotatable bonds is 4. The minimum absolute atomic E-state index is 0.231. The van der Waals surface area contributed by atoms with Crippen molar-refractivity contribution in [3.63, 3.8) is 0 Å². The molecule has 1 atom stereocenters. The summed E-state index contributed by atoms with van der Waals surface area (Å²) in [6.45, 7) is 0.620. The van der Waals surface area contributed by atoms with Crippen LogP contribution in [0.4, 0.5) is 0 Å². The molecule has 1 aliphatic heterocycles. The number of hydrogen-bond donors (Lipinski definition) is 1. The Hall–Kier alpha value is -1.21. The fraction of sp³-hybridized carbons (Fsp3) is 0.385. The molecule has 19 heavy (non-hydrogen) atoms. The molecule has 0 radical (unpaired) electrons. The van der Waals surface area contributed by atoms with Crippen LogP contribution >= 0.6 is 0 Å². The van der Waals surface area contributed by atoms with Crippen LogP contribution in [0.25, 0.3) is 6.08 Å². The normalized spacial score (nSPS) is 21.8. The van der Waals surface area contributed by atoms with Crippen LogP contribution in [-0.4, -0.2) is 50.2 Å². The lowest BCUT2D eigenvalue weighted by Crippen LogP contribution is -2.49. The number of ether oxygens (including phenoxy) is 1. The molecule has 0 amide bonds. The first kappa shape index (κ1) is 14.2. The van der Waals surface area contributed by atoms with E-state index in [2.05, 4.69) is 0 Å². The molecule has 0 spiro atoms. The monoisotopic (exact) mass is 283 g/mol. The molecule has 2 rings (SSSR count). The van der Waals surface area contributed by atoms with Crippen molar-refractivity contribution in [1.82, 2.24) is 4.31 Å². The molecule has 104 valence electrons. The van der Waals surface area contributed by atoms with Crippen LogP contribution in [0.2, 0.25) is 0 Å². The molecule has 1 unspecified atom stereocenters. The van der Waals surface area contributed by atoms with Crippen LogP contribution in [0.3, 0.4) is 0 Å². The van der Waals surface area contributed by atoms with Crippen molar-refractivity contribution in [1.29, 1.82) is 0 Å². The molecule has 1 heterocycles. The van der Waals surface area contributed by atoms with Crippen molar-refractivity contribution < 1.29 is 18.3 Å². The smallest absolute Gasteiger partial charge is 0.236 e. The van der Waals surface area contributed by atoms with E-state index in [0.29, 0.717) is 6.61 Å². The van der Waals surface area contributed by atoms with Crippen molar-refractivity contribution in [3.8, 4) is 0 Å². The SMILES string of the molecule is O=S(=O)(/C=C/c1ccccc1)N1CCOCC1CO. The second-order valence-electron chi connectivity index (χ2n) is 4.28. The van der Waals surface area contributed by atoms with Gasteiger partial charge in [-0.25, -0.2) is 8.42 Å². The second kappa shape index (κ2) is 6.29. The average molecular weight is 283 g/mol. The summed E-state index contributed by atoms with van der Waals surface area (Å²) in [7, 11) is -3.53. The largest absolute Gasteiger partial charge is 0.395 e. The number of aliphatic hydroxyl groups is 1. The zero-order valence-corrected chi connectivity index (χ0v) is 11.3. The van der Waals surface area contributed by atoms with Crippen LogP contribution in [0.1, 0.15) is 5.56 Å². The first-order chi connectivity index (χ1) is 9.13. The number of morpholine rings is 1. The summed E-state index contributed by atoms with van der Waals surface area (Å²) in [5.41, 5.74) is 0.819. The van der Waals surface area contributed by atoms with Crippen LogP contribution in [-0.2, 0) is 14.8 Å². The van der Waals surface area contributed by atoms with E-state index in [0.717, 1.165) is 5.56 Å². The summed E-state index contributed by atoms with van der Waals surface area (Å²) in [6.07, 6.45) is 1.55. The Morgan fingerprint density at radius 2 is 2.11 bits per heavy atom. The molecule has 1 fully saturated rings. The summed E-state index contributed by atoms with van der Waals surface area (Å²) in [4.78, 5) is 0. The van der Waals surface area contributed by atoms with E-state index in [1.165, 1.54) is 9.71 Å². The van der Waals surface area contributed by atoms with Crippen molar-refractivity contribution in [2.24, 2.45) is 0 Å². The summed E-state index contributed by atoms with van der Waals surface area (Å²) in [5, 5.41) is 10.4. The van der Waals surface area contributed by atoms with Gasteiger partial charge in [-0.1, -0.05) is 30.3 Å². The Morgan fingerprint density at radius 1 is 1.37 bits per heavy atom. The minimum Gasteiger partial charge on any atom is -0.395 e. The molecule has 1 N–H and O–H groups in total. The van der Waals surface area contributed by atoms with Gasteiger partial charge in [0, 0.05) is 12.0 Å². The maximum absolute atomic E-state index is 12.2. The van der Waals surface area contributed by atoms with E-state index in [1.54, 1.807) is 6.08 Å². The number of aliphatic hydroxyl groups excluding tert-OH is 1. The first-order valence-electron chi connectivity index (χ1n) is 6.07. The van der Waals surface area contributed by atoms with Crippen molar-refractivity contribution >= 4 is 16.1 Å². The van der Waals surface area contributed by atoms with Crippen LogP contribution in [0.15, 0.2) is 35.7 Å². The van der Waals surface area contributed by atoms with Crippen LogP contribution in [0.5, 0.6) is 0 Å². The van der Waals surface area contributed by atoms with Crippen LogP contribution < -0.4 is 0 Å². The van der Waals surface area contributed by atoms with Crippen molar-refractivity contribution in [2.75, 3.05) is 26.4 Å². The third-order valence-corrected chi connectivity index (χ3v) is 4.56. The Morgan fingerprint density at radius 3 is 2.79 bits per heavy atom. The second-order valence-corrected chi connectivity index (χ2v) is 6.05. The highest BCUT2D eigenvalue weighted by atomic mass is 32.2. The zero-order valence-electron chi connectivity index (χ0n) is 10.5. The van der Waals surface area contributed by atoms with E-state index in [-0.39, 0.29) is 19.8 Å². The fourth-order valence-electron chi connectivity index (χ4n) is 1.93. The van der Waals surface area contributed by atoms with Gasteiger partial charge in [-0.3, -0.25) is 0 Å². The maximum atomic E-state index is 12.2. The number of nitrogens with zero attached hydrogens (tertiary/aromatic N) is 1. The van der Waals surface area contributed by atoms with Gasteiger partial charge in [-0.05, 0) is 11.6 Å². The van der Waals surface area contributed by atoms with Crippen molar-refractivity contribution in [3.05, 3.63) is 41.3 Å². The predicted octanol–water partition coefficient (Wildman–Crippen LogP) is 0.680. The van der Waals surface area contributed by atoms with E-state index in [4.69, 9.17) is 4.74 Å². The van der Waals surface area contributed by atoms with Crippen LogP contribution in [0, 0.1) is 0 Å². The van der Waals surface area contributed by atoms with Crippen molar-refractivity contribution in [2.45, 2.75) is 6.04 Å². The van der Waals surface area contributed by atoms with E-state index in [1.807, 2.05) is 30.3 Å². The Kier molecular flexibility index (Phi) is 4.71. The summed E-state index contributed by atoms with van der Waals surface area (Å²) in [6, 6.07) is 8.72. The molecule has 0 saturated carbocycles. The molecule has 1 aromatic rings. The van der Waals surface area contributed by atoms with E-state index < -0.39 is 16.1 Å². The highest BCUT2D eigenvalue weighted by Crippen LogP contribution is 2.15. The summed E-state index contributed by atoms with van der Waals surface area (Å²) < 4.78 is 30.9. The van der Waals surface area contributed by atoms with E-state index in [9.17, 15) is 13.5 Å². The Bertz CT molecular complexity index is 527. The molecule has 5 nitrogen and oxygen atoms in total. The number of sulfonamides is 1. The van der Waals surface area contributed by atoms with Gasteiger partial charge in [0.15, 0.2) is 0 Å². The molecular weight excluding hydrogens is 266 g/mol. The third kappa shape index (κ3) is 3.63. The molecular formula is C13H17NO4S. The van der Waals surface area contributed by atoms with Gasteiger partial charge in [-0.2, -0.15) is 4.31 Å². The third-order valence-electron chi connectivity index (χ3n) is 2.94. The predicted molar refractivity (Wildman–Crippen MR) is 72.8 cm³/mol. The van der Waals surface area contributed by atoms with E-state index >= 15 is 0 Å². The lowest BCUT2D eigenvalue weighted by molar-refractivity contribution is 0.0115. The number of benzene rings is 1. The molecule has 0 aromatic heterocycles. The summed E-state index contributed by atoms with van der Waals surface area (Å²) in [5.74, 6) is 0. The molecule has 1 aliphatic rings. The Balaban J connectivity index is 2.15. The van der Waals surface area contributed by atoms with Gasteiger partial charge in [0.05, 0.1) is 25.9 Å². The molecule has 1 saturated heterocycles. The molecule has 0 aliphatic carbocycles. The standard InChI is InChI=1S/C13H17NO4S/c15-10-13-11-18-8-7-14(13)19(16,17)9-6-12-4-2-1-3-5-12/h1-6,9,13,15H,7-8,10-11H2/b9-6+. The number of hydrogen-bond acceptors (Lipinski definition) is 4. The molecule has 6 heteroatoms. The molecule has 1 aromatic carbocycles. The summed E-state index contributed by atoms with van der Waals surface area (Å²) >= 11 is 0. The van der Waals surface area contributed by atoms with Gasteiger partial charge in [0.2, 0.25) is 10.0 Å². The quantitative estimate of drug-likeness (QED) is 0.882. The topological polar surface area (TPSA) is 66.8 Å². The highest BCUT2D eigenvalue weighted by Gasteiger charge is 2.30. The molecule has 0 bridgehead atoms. The minimum atomic E-state index is -3.53. The van der Waals surface area contributed by atoms with Gasteiger partial charge < -0.3 is 9.84 Å².